The van der Waals surface area contributed by atoms with Crippen LogP contribution in [0.4, 0.5) is 8.78 Å². The van der Waals surface area contributed by atoms with Gasteiger partial charge in [-0.05, 0) is 36.8 Å². The number of hydrogen-bond acceptors (Lipinski definition) is 1. The molecule has 0 N–H and O–H groups in total. The largest absolute Gasteiger partial charge is 0.339 e. The number of fused-ring (bicyclic) bond motifs is 1. The molecule has 0 spiro atoms. The topological polar surface area (TPSA) is 22.0 Å². The predicted molar refractivity (Wildman–Crippen MR) is 77.4 cm³/mol. The lowest BCUT2D eigenvalue weighted by atomic mass is 10.1. The van der Waals surface area contributed by atoms with E-state index in [1.54, 1.807) is 4.57 Å². The summed E-state index contributed by atoms with van der Waals surface area (Å²) in [4.78, 5) is 12.2. The van der Waals surface area contributed by atoms with Gasteiger partial charge in [0.05, 0.1) is 12.1 Å². The Labute approximate surface area is 120 Å². The number of carbonyl (C=O) groups excluding carboxylic acids is 1. The zero-order chi connectivity index (χ0) is 15.0. The molecule has 0 bridgehead atoms. The number of Topliss-reactive ketones (excluding diaryl/α,β-unsaturated/α-hetero) is 1. The van der Waals surface area contributed by atoms with Crippen LogP contribution < -0.4 is 0 Å². The molecule has 3 aromatic rings. The molecule has 1 heterocycles. The molecule has 0 amide bonds. The maximum absolute atomic E-state index is 13.6. The summed E-state index contributed by atoms with van der Waals surface area (Å²) in [5.41, 5.74) is 1.73. The highest BCUT2D eigenvalue weighted by atomic mass is 19.1. The van der Waals surface area contributed by atoms with E-state index >= 15 is 0 Å². The van der Waals surface area contributed by atoms with Crippen LogP contribution in [-0.4, -0.2) is 10.4 Å². The zero-order valence-corrected chi connectivity index (χ0v) is 11.4. The summed E-state index contributed by atoms with van der Waals surface area (Å²) in [7, 11) is 0. The summed E-state index contributed by atoms with van der Waals surface area (Å²) < 4.78 is 28.6. The quantitative estimate of drug-likeness (QED) is 0.664. The average Bonchev–Trinajstić information content (AvgIpc) is 2.78. The number of hydrogen-bond donors (Lipinski definition) is 0. The Kier molecular flexibility index (Phi) is 3.29. The van der Waals surface area contributed by atoms with Gasteiger partial charge in [-0.2, -0.15) is 0 Å². The summed E-state index contributed by atoms with van der Waals surface area (Å²) in [5, 5.41) is 1.05. The van der Waals surface area contributed by atoms with E-state index in [0.717, 1.165) is 34.7 Å². The van der Waals surface area contributed by atoms with Crippen LogP contribution in [0.15, 0.2) is 48.7 Å². The van der Waals surface area contributed by atoms with Gasteiger partial charge in [0.15, 0.2) is 5.78 Å². The van der Waals surface area contributed by atoms with E-state index in [-0.39, 0.29) is 12.1 Å². The number of rotatable bonds is 3. The molecular formula is C17H13F2NO. The molecule has 3 rings (SSSR count). The van der Waals surface area contributed by atoms with E-state index in [1.807, 2.05) is 37.4 Å². The number of para-hydroxylation sites is 1. The number of carbonyl (C=O) groups is 1. The molecule has 0 aliphatic rings. The summed E-state index contributed by atoms with van der Waals surface area (Å²) in [6.07, 6.45) is 1.85. The van der Waals surface area contributed by atoms with Crippen molar-refractivity contribution in [2.45, 2.75) is 13.5 Å². The van der Waals surface area contributed by atoms with Crippen LogP contribution in [0.1, 0.15) is 15.9 Å². The molecule has 0 aliphatic carbocycles. The molecule has 106 valence electrons. The van der Waals surface area contributed by atoms with Gasteiger partial charge < -0.3 is 4.57 Å². The van der Waals surface area contributed by atoms with Crippen LogP contribution in [0.2, 0.25) is 0 Å². The summed E-state index contributed by atoms with van der Waals surface area (Å²) in [6.45, 7) is 1.93. The maximum Gasteiger partial charge on any atom is 0.185 e. The zero-order valence-electron chi connectivity index (χ0n) is 11.4. The number of aromatic nitrogens is 1. The summed E-state index contributed by atoms with van der Waals surface area (Å²) in [6, 6.07) is 10.6. The minimum Gasteiger partial charge on any atom is -0.339 e. The maximum atomic E-state index is 13.6. The van der Waals surface area contributed by atoms with Crippen LogP contribution in [0.3, 0.4) is 0 Å². The lowest BCUT2D eigenvalue weighted by Crippen LogP contribution is -2.11. The smallest absolute Gasteiger partial charge is 0.185 e. The highest BCUT2D eigenvalue weighted by Crippen LogP contribution is 2.21. The van der Waals surface area contributed by atoms with E-state index < -0.39 is 17.4 Å². The van der Waals surface area contributed by atoms with Crippen LogP contribution >= 0.6 is 0 Å². The van der Waals surface area contributed by atoms with Crippen molar-refractivity contribution in [3.05, 3.63) is 71.4 Å². The van der Waals surface area contributed by atoms with Crippen molar-refractivity contribution in [2.75, 3.05) is 0 Å². The van der Waals surface area contributed by atoms with Gasteiger partial charge in [0.2, 0.25) is 0 Å². The Morgan fingerprint density at radius 1 is 1.14 bits per heavy atom. The highest BCUT2D eigenvalue weighted by Gasteiger charge is 2.15. The minimum atomic E-state index is -0.699. The van der Waals surface area contributed by atoms with Gasteiger partial charge in [-0.25, -0.2) is 8.78 Å². The first kappa shape index (κ1) is 13.5. The van der Waals surface area contributed by atoms with Gasteiger partial charge >= 0.3 is 0 Å². The third kappa shape index (κ3) is 2.44. The van der Waals surface area contributed by atoms with Crippen molar-refractivity contribution in [3.63, 3.8) is 0 Å². The Hall–Kier alpha value is -2.49. The van der Waals surface area contributed by atoms with Crippen molar-refractivity contribution in [3.8, 4) is 0 Å². The first-order valence-corrected chi connectivity index (χ1v) is 6.59. The SMILES string of the molecule is Cc1cn(CC(=O)c2cc(F)ccc2F)c2ccccc12. The monoisotopic (exact) mass is 285 g/mol. The van der Waals surface area contributed by atoms with E-state index in [9.17, 15) is 13.6 Å². The number of aryl methyl sites for hydroxylation is 1. The average molecular weight is 285 g/mol. The first-order valence-electron chi connectivity index (χ1n) is 6.59. The molecule has 0 atom stereocenters. The number of halogens is 2. The second-order valence-electron chi connectivity index (χ2n) is 5.00. The molecule has 0 aliphatic heterocycles. The van der Waals surface area contributed by atoms with Gasteiger partial charge in [-0.1, -0.05) is 18.2 Å². The van der Waals surface area contributed by atoms with Crippen LogP contribution in [-0.2, 0) is 6.54 Å². The Morgan fingerprint density at radius 3 is 2.71 bits per heavy atom. The summed E-state index contributed by atoms with van der Waals surface area (Å²) in [5.74, 6) is -1.77. The Bertz CT molecular complexity index is 836. The van der Waals surface area contributed by atoms with Gasteiger partial charge in [-0.15, -0.1) is 0 Å². The first-order chi connectivity index (χ1) is 10.1. The fraction of sp³-hybridized carbons (Fsp3) is 0.118. The van der Waals surface area contributed by atoms with E-state index in [0.29, 0.717) is 0 Å². The Morgan fingerprint density at radius 2 is 1.90 bits per heavy atom. The number of ketones is 1. The van der Waals surface area contributed by atoms with E-state index in [2.05, 4.69) is 0 Å². The predicted octanol–water partition coefficient (Wildman–Crippen LogP) is 4.11. The molecule has 1 aromatic heterocycles. The minimum absolute atomic E-state index is 0.0191. The van der Waals surface area contributed by atoms with Gasteiger partial charge in [-0.3, -0.25) is 4.79 Å². The lowest BCUT2D eigenvalue weighted by molar-refractivity contribution is 0.0969. The van der Waals surface area contributed by atoms with E-state index in [4.69, 9.17) is 0 Å². The molecular weight excluding hydrogens is 272 g/mol. The molecule has 0 saturated carbocycles. The third-order valence-corrected chi connectivity index (χ3v) is 3.53. The van der Waals surface area contributed by atoms with Crippen molar-refractivity contribution in [1.82, 2.24) is 4.57 Å². The van der Waals surface area contributed by atoms with Crippen LogP contribution in [0.5, 0.6) is 0 Å². The fourth-order valence-corrected chi connectivity index (χ4v) is 2.51. The van der Waals surface area contributed by atoms with Gasteiger partial charge in [0.1, 0.15) is 11.6 Å². The lowest BCUT2D eigenvalue weighted by Gasteiger charge is -2.06. The number of benzene rings is 2. The molecule has 0 unspecified atom stereocenters. The molecule has 0 radical (unpaired) electrons. The van der Waals surface area contributed by atoms with Crippen molar-refractivity contribution >= 4 is 16.7 Å². The highest BCUT2D eigenvalue weighted by molar-refractivity contribution is 5.97. The molecule has 21 heavy (non-hydrogen) atoms. The van der Waals surface area contributed by atoms with Gasteiger partial charge in [0.25, 0.3) is 0 Å². The third-order valence-electron chi connectivity index (χ3n) is 3.53. The second kappa shape index (κ2) is 5.13. The van der Waals surface area contributed by atoms with Crippen molar-refractivity contribution in [1.29, 1.82) is 0 Å². The summed E-state index contributed by atoms with van der Waals surface area (Å²) >= 11 is 0. The standard InChI is InChI=1S/C17H13F2NO/c1-11-9-20(16-5-3-2-4-13(11)16)10-17(21)14-8-12(18)6-7-15(14)19/h2-9H,10H2,1H3. The Balaban J connectivity index is 1.99. The van der Waals surface area contributed by atoms with Crippen LogP contribution in [0.25, 0.3) is 10.9 Å². The van der Waals surface area contributed by atoms with Crippen molar-refractivity contribution in [2.24, 2.45) is 0 Å². The molecule has 0 fully saturated rings. The molecule has 0 saturated heterocycles. The fourth-order valence-electron chi connectivity index (χ4n) is 2.51. The normalized spacial score (nSPS) is 11.0. The molecule has 2 aromatic carbocycles. The second-order valence-corrected chi connectivity index (χ2v) is 5.00. The van der Waals surface area contributed by atoms with Crippen molar-refractivity contribution < 1.29 is 13.6 Å². The number of nitrogens with zero attached hydrogens (tertiary/aromatic N) is 1. The molecule has 4 heteroatoms. The van der Waals surface area contributed by atoms with Crippen LogP contribution in [0, 0.1) is 18.6 Å². The van der Waals surface area contributed by atoms with E-state index in [1.165, 1.54) is 0 Å². The molecule has 2 nitrogen and oxygen atoms in total. The van der Waals surface area contributed by atoms with Gasteiger partial charge in [0, 0.05) is 17.1 Å².